The molecular formula is C21H31N3O2. The fourth-order valence-electron chi connectivity index (χ4n) is 3.48. The molecule has 1 saturated carbocycles. The van der Waals surface area contributed by atoms with Gasteiger partial charge in [0.15, 0.2) is 5.75 Å². The van der Waals surface area contributed by atoms with Crippen LogP contribution in [-0.2, 0) is 0 Å². The Hall–Kier alpha value is -2.69. The van der Waals surface area contributed by atoms with Crippen molar-refractivity contribution in [2.45, 2.75) is 38.1 Å². The summed E-state index contributed by atoms with van der Waals surface area (Å²) in [5.74, 6) is -0.293. The number of anilines is 1. The zero-order valence-electron chi connectivity index (χ0n) is 15.6. The Morgan fingerprint density at radius 3 is 2.46 bits per heavy atom. The van der Waals surface area contributed by atoms with Crippen molar-refractivity contribution in [3.63, 3.8) is 0 Å². The van der Waals surface area contributed by atoms with Crippen molar-refractivity contribution >= 4 is 11.6 Å². The van der Waals surface area contributed by atoms with Gasteiger partial charge in [-0.15, -0.1) is 0 Å². The molecule has 3 N–H and O–H groups in total. The van der Waals surface area contributed by atoms with Crippen LogP contribution in [0.15, 0.2) is 53.9 Å². The van der Waals surface area contributed by atoms with Crippen molar-refractivity contribution in [3.8, 4) is 5.75 Å². The van der Waals surface area contributed by atoms with Crippen molar-refractivity contribution in [2.75, 3.05) is 19.4 Å². The Balaban J connectivity index is 0.00000196. The van der Waals surface area contributed by atoms with E-state index in [-0.39, 0.29) is 20.1 Å². The highest BCUT2D eigenvalue weighted by molar-refractivity contribution is 5.98. The lowest BCUT2D eigenvalue weighted by Crippen LogP contribution is -2.36. The van der Waals surface area contributed by atoms with Gasteiger partial charge in [-0.2, -0.15) is 0 Å². The van der Waals surface area contributed by atoms with Gasteiger partial charge in [0.2, 0.25) is 0 Å². The van der Waals surface area contributed by atoms with Crippen LogP contribution >= 0.6 is 0 Å². The third kappa shape index (κ3) is 3.34. The quantitative estimate of drug-likeness (QED) is 0.689. The first-order valence-electron chi connectivity index (χ1n) is 9.10. The minimum absolute atomic E-state index is 0. The number of aromatic hydroxyl groups is 1. The van der Waals surface area contributed by atoms with Crippen LogP contribution in [0.1, 0.15) is 45.3 Å². The fourth-order valence-corrected chi connectivity index (χ4v) is 3.48. The average molecular weight is 357 g/mol. The Labute approximate surface area is 158 Å². The SMILES string of the molecule is C=C1C(=C)C(NC2CCCCC2)=C1Nc1cccc(C(=O)N(C)C)c1O.[HH].[HH]. The highest BCUT2D eigenvalue weighted by atomic mass is 16.3. The lowest BCUT2D eigenvalue weighted by atomic mass is 9.87. The van der Waals surface area contributed by atoms with Gasteiger partial charge < -0.3 is 20.6 Å². The van der Waals surface area contributed by atoms with Crippen molar-refractivity contribution < 1.29 is 12.8 Å². The van der Waals surface area contributed by atoms with Crippen LogP contribution in [0.3, 0.4) is 0 Å². The molecule has 26 heavy (non-hydrogen) atoms. The van der Waals surface area contributed by atoms with E-state index in [1.165, 1.54) is 24.2 Å². The van der Waals surface area contributed by atoms with E-state index in [9.17, 15) is 9.90 Å². The molecule has 0 aliphatic heterocycles. The van der Waals surface area contributed by atoms with Crippen LogP contribution < -0.4 is 10.6 Å². The minimum Gasteiger partial charge on any atom is -0.505 e. The van der Waals surface area contributed by atoms with E-state index in [1.807, 2.05) is 0 Å². The number of rotatable bonds is 5. The zero-order valence-corrected chi connectivity index (χ0v) is 15.6. The van der Waals surface area contributed by atoms with Gasteiger partial charge in [-0.3, -0.25) is 4.79 Å². The molecule has 2 aliphatic rings. The molecule has 0 saturated heterocycles. The van der Waals surface area contributed by atoms with Gasteiger partial charge in [0, 0.05) is 34.1 Å². The molecule has 1 aromatic carbocycles. The Kier molecular flexibility index (Phi) is 5.07. The van der Waals surface area contributed by atoms with Gasteiger partial charge in [-0.05, 0) is 25.0 Å². The fraction of sp³-hybridized carbons (Fsp3) is 0.381. The molecule has 3 rings (SSSR count). The predicted octanol–water partition coefficient (Wildman–Crippen LogP) is 4.26. The summed E-state index contributed by atoms with van der Waals surface area (Å²) in [6.45, 7) is 8.15. The number of amides is 1. The Morgan fingerprint density at radius 1 is 1.15 bits per heavy atom. The van der Waals surface area contributed by atoms with Crippen molar-refractivity contribution in [2.24, 2.45) is 0 Å². The van der Waals surface area contributed by atoms with Gasteiger partial charge in [-0.25, -0.2) is 0 Å². The number of para-hydroxylation sites is 1. The van der Waals surface area contributed by atoms with Crippen LogP contribution in [0, 0.1) is 0 Å². The summed E-state index contributed by atoms with van der Waals surface area (Å²) in [7, 11) is 3.32. The second-order valence-corrected chi connectivity index (χ2v) is 7.21. The van der Waals surface area contributed by atoms with Gasteiger partial charge in [0.1, 0.15) is 0 Å². The number of hydrogen-bond acceptors (Lipinski definition) is 4. The first kappa shape index (κ1) is 18.1. The summed E-state index contributed by atoms with van der Waals surface area (Å²) >= 11 is 0. The Morgan fingerprint density at radius 2 is 1.81 bits per heavy atom. The molecule has 1 aromatic rings. The molecule has 0 heterocycles. The van der Waals surface area contributed by atoms with Gasteiger partial charge in [-0.1, -0.05) is 38.5 Å². The third-order valence-corrected chi connectivity index (χ3v) is 5.10. The topological polar surface area (TPSA) is 64.6 Å². The van der Waals surface area contributed by atoms with Crippen LogP contribution in [0.4, 0.5) is 5.69 Å². The Bertz CT molecular complexity index is 797. The average Bonchev–Trinajstić information content (AvgIpc) is 2.65. The molecule has 0 aromatic heterocycles. The molecule has 0 spiro atoms. The van der Waals surface area contributed by atoms with Gasteiger partial charge in [0.25, 0.3) is 5.91 Å². The second kappa shape index (κ2) is 7.28. The van der Waals surface area contributed by atoms with E-state index < -0.39 is 0 Å². The second-order valence-electron chi connectivity index (χ2n) is 7.21. The number of carbonyl (C=O) groups excluding carboxylic acids is 1. The smallest absolute Gasteiger partial charge is 0.257 e. The van der Waals surface area contributed by atoms with Crippen LogP contribution in [0.5, 0.6) is 5.75 Å². The lowest BCUT2D eigenvalue weighted by Gasteiger charge is -2.35. The summed E-state index contributed by atoms with van der Waals surface area (Å²) in [4.78, 5) is 13.7. The first-order chi connectivity index (χ1) is 12.4. The van der Waals surface area contributed by atoms with E-state index in [0.29, 0.717) is 11.7 Å². The molecule has 0 atom stereocenters. The third-order valence-electron chi connectivity index (χ3n) is 5.10. The van der Waals surface area contributed by atoms with E-state index in [1.54, 1.807) is 32.3 Å². The summed E-state index contributed by atoms with van der Waals surface area (Å²) in [6.07, 6.45) is 6.12. The summed E-state index contributed by atoms with van der Waals surface area (Å²) in [5.41, 5.74) is 4.29. The molecule has 2 aliphatic carbocycles. The molecule has 1 amide bonds. The normalized spacial score (nSPS) is 17.8. The monoisotopic (exact) mass is 357 g/mol. The number of phenols is 1. The van der Waals surface area contributed by atoms with E-state index in [0.717, 1.165) is 35.4 Å². The van der Waals surface area contributed by atoms with Crippen LogP contribution in [0.2, 0.25) is 0 Å². The summed E-state index contributed by atoms with van der Waals surface area (Å²) in [5, 5.41) is 17.3. The number of carbonyl (C=O) groups is 1. The summed E-state index contributed by atoms with van der Waals surface area (Å²) in [6, 6.07) is 5.58. The number of nitrogens with one attached hydrogen (secondary N) is 2. The van der Waals surface area contributed by atoms with E-state index in [2.05, 4.69) is 23.8 Å². The zero-order chi connectivity index (χ0) is 18.8. The molecule has 5 heteroatoms. The van der Waals surface area contributed by atoms with E-state index >= 15 is 0 Å². The number of nitrogens with zero attached hydrogens (tertiary/aromatic N) is 1. The van der Waals surface area contributed by atoms with Gasteiger partial charge in [0.05, 0.1) is 22.6 Å². The maximum Gasteiger partial charge on any atom is 0.257 e. The largest absolute Gasteiger partial charge is 0.505 e. The molecule has 0 bridgehead atoms. The number of allylic oxidation sites excluding steroid dienone is 2. The highest BCUT2D eigenvalue weighted by Crippen LogP contribution is 2.39. The standard InChI is InChI=1S/C21H27N3O2.2H2/c1-13-14(2)19(18(13)22-15-9-6-5-7-10-15)23-17-12-8-11-16(20(17)25)21(26)24(3)4;;/h8,11-12,15,22-23,25H,1-2,5-7,9-10H2,3-4H3;2*1H. The molecule has 0 radical (unpaired) electrons. The molecule has 142 valence electrons. The van der Waals surface area contributed by atoms with Crippen LogP contribution in [-0.4, -0.2) is 36.1 Å². The number of hydrogen-bond donors (Lipinski definition) is 3. The lowest BCUT2D eigenvalue weighted by molar-refractivity contribution is 0.0824. The van der Waals surface area contributed by atoms with Crippen molar-refractivity contribution in [3.05, 3.63) is 59.5 Å². The minimum atomic E-state index is -0.238. The van der Waals surface area contributed by atoms with Crippen molar-refractivity contribution in [1.29, 1.82) is 0 Å². The highest BCUT2D eigenvalue weighted by Gasteiger charge is 2.29. The molecule has 1 fully saturated rings. The summed E-state index contributed by atoms with van der Waals surface area (Å²) < 4.78 is 0. The molecule has 0 unspecified atom stereocenters. The van der Waals surface area contributed by atoms with Crippen LogP contribution in [0.25, 0.3) is 0 Å². The van der Waals surface area contributed by atoms with Crippen molar-refractivity contribution in [1.82, 2.24) is 10.2 Å². The molecule has 5 nitrogen and oxygen atoms in total. The number of benzene rings is 1. The molecular weight excluding hydrogens is 326 g/mol. The predicted molar refractivity (Wildman–Crippen MR) is 109 cm³/mol. The number of phenolic OH excluding ortho intramolecular Hbond substituents is 1. The first-order valence-corrected chi connectivity index (χ1v) is 9.10. The van der Waals surface area contributed by atoms with E-state index in [4.69, 9.17) is 0 Å². The maximum absolute atomic E-state index is 12.2. The maximum atomic E-state index is 12.2. The van der Waals surface area contributed by atoms with Gasteiger partial charge >= 0.3 is 0 Å².